The minimum atomic E-state index is -0.648. The summed E-state index contributed by atoms with van der Waals surface area (Å²) < 4.78 is 0. The Bertz CT molecular complexity index is 379. The number of aliphatic carboxylic acids is 1. The number of hydrogen-bond donors (Lipinski definition) is 1. The van der Waals surface area contributed by atoms with Gasteiger partial charge in [-0.15, -0.1) is 0 Å². The van der Waals surface area contributed by atoms with E-state index in [1.807, 2.05) is 0 Å². The van der Waals surface area contributed by atoms with Crippen molar-refractivity contribution in [3.63, 3.8) is 0 Å². The van der Waals surface area contributed by atoms with Gasteiger partial charge < -0.3 is 5.11 Å². The van der Waals surface area contributed by atoms with E-state index in [1.165, 1.54) is 128 Å². The first kappa shape index (κ1) is 27.5. The fourth-order valence-electron chi connectivity index (χ4n) is 5.01. The van der Waals surface area contributed by atoms with Crippen molar-refractivity contribution in [3.8, 4) is 0 Å². The van der Waals surface area contributed by atoms with Crippen LogP contribution in [-0.2, 0) is 4.79 Å². The molecule has 0 radical (unpaired) electrons. The molecule has 0 bridgehead atoms. The van der Waals surface area contributed by atoms with Gasteiger partial charge in [-0.05, 0) is 24.7 Å². The molecule has 1 aliphatic rings. The van der Waals surface area contributed by atoms with Gasteiger partial charge in [-0.2, -0.15) is 0 Å². The summed E-state index contributed by atoms with van der Waals surface area (Å²) >= 11 is 0. The maximum absolute atomic E-state index is 10.4. The van der Waals surface area contributed by atoms with Gasteiger partial charge in [-0.25, -0.2) is 0 Å². The molecular formula is C28H54O2. The summed E-state index contributed by atoms with van der Waals surface area (Å²) in [6, 6.07) is 0. The van der Waals surface area contributed by atoms with E-state index in [0.717, 1.165) is 24.7 Å². The number of carbonyl (C=O) groups is 1. The lowest BCUT2D eigenvalue weighted by atomic mass is 10.0. The summed E-state index contributed by atoms with van der Waals surface area (Å²) in [6.07, 6.45) is 32.4. The molecule has 0 aliphatic heterocycles. The smallest absolute Gasteiger partial charge is 0.303 e. The van der Waals surface area contributed by atoms with Crippen molar-refractivity contribution in [1.82, 2.24) is 0 Å². The van der Waals surface area contributed by atoms with Crippen molar-refractivity contribution in [1.29, 1.82) is 0 Å². The number of unbranched alkanes of at least 4 members (excludes halogenated alkanes) is 18. The highest BCUT2D eigenvalue weighted by Gasteiger charge is 2.34. The molecule has 0 aromatic rings. The van der Waals surface area contributed by atoms with Crippen molar-refractivity contribution in [2.45, 2.75) is 161 Å². The van der Waals surface area contributed by atoms with Crippen LogP contribution >= 0.6 is 0 Å². The molecule has 178 valence electrons. The van der Waals surface area contributed by atoms with Gasteiger partial charge in [-0.3, -0.25) is 4.79 Å². The molecule has 1 saturated carbocycles. The molecule has 1 fully saturated rings. The highest BCUT2D eigenvalue weighted by atomic mass is 16.4. The van der Waals surface area contributed by atoms with Crippen LogP contribution in [0.4, 0.5) is 0 Å². The van der Waals surface area contributed by atoms with Gasteiger partial charge in [0.1, 0.15) is 0 Å². The van der Waals surface area contributed by atoms with E-state index in [-0.39, 0.29) is 0 Å². The molecule has 2 atom stereocenters. The summed E-state index contributed by atoms with van der Waals surface area (Å²) in [7, 11) is 0. The van der Waals surface area contributed by atoms with Gasteiger partial charge in [0.05, 0.1) is 0 Å². The number of hydrogen-bond acceptors (Lipinski definition) is 1. The average molecular weight is 423 g/mol. The molecule has 0 saturated heterocycles. The van der Waals surface area contributed by atoms with Crippen LogP contribution in [-0.4, -0.2) is 11.1 Å². The number of carboxylic acids is 1. The summed E-state index contributed by atoms with van der Waals surface area (Å²) in [5.41, 5.74) is 0. The van der Waals surface area contributed by atoms with Crippen molar-refractivity contribution in [3.05, 3.63) is 0 Å². The first-order chi connectivity index (χ1) is 14.7. The Balaban J connectivity index is 1.66. The standard InChI is InChI=1S/C28H54O2/c1-2-3-4-19-22-26-25-27(26)23-20-17-15-13-11-9-7-5-6-8-10-12-14-16-18-21-24-28(29)30/h26-27H,2-25H2,1H3,(H,29,30). The molecule has 30 heavy (non-hydrogen) atoms. The molecule has 2 unspecified atom stereocenters. The van der Waals surface area contributed by atoms with E-state index < -0.39 is 5.97 Å². The minimum absolute atomic E-state index is 0.347. The minimum Gasteiger partial charge on any atom is -0.481 e. The zero-order valence-corrected chi connectivity index (χ0v) is 20.5. The van der Waals surface area contributed by atoms with Crippen molar-refractivity contribution < 1.29 is 9.90 Å². The normalized spacial score (nSPS) is 18.0. The highest BCUT2D eigenvalue weighted by molar-refractivity contribution is 5.66. The molecule has 1 N–H and O–H groups in total. The first-order valence-electron chi connectivity index (χ1n) is 14.0. The SMILES string of the molecule is CCCCCCC1CC1CCCCCCCCCCCCCCCCCCC(=O)O. The van der Waals surface area contributed by atoms with Crippen molar-refractivity contribution in [2.24, 2.45) is 11.8 Å². The Morgan fingerprint density at radius 3 is 1.27 bits per heavy atom. The second-order valence-corrected chi connectivity index (χ2v) is 10.2. The van der Waals surface area contributed by atoms with E-state index in [9.17, 15) is 4.79 Å². The predicted octanol–water partition coefficient (Wildman–Crippen LogP) is 9.70. The Labute approximate surface area is 189 Å². The van der Waals surface area contributed by atoms with Crippen LogP contribution in [0.3, 0.4) is 0 Å². The Kier molecular flexibility index (Phi) is 18.7. The zero-order valence-electron chi connectivity index (χ0n) is 20.5. The zero-order chi connectivity index (χ0) is 21.7. The van der Waals surface area contributed by atoms with Gasteiger partial charge in [0.15, 0.2) is 0 Å². The van der Waals surface area contributed by atoms with Crippen molar-refractivity contribution in [2.75, 3.05) is 0 Å². The number of carboxylic acid groups (broad SMARTS) is 1. The topological polar surface area (TPSA) is 37.3 Å². The lowest BCUT2D eigenvalue weighted by Crippen LogP contribution is -1.93. The maximum Gasteiger partial charge on any atom is 0.303 e. The number of rotatable bonds is 24. The summed E-state index contributed by atoms with van der Waals surface area (Å²) in [6.45, 7) is 2.31. The third-order valence-electron chi connectivity index (χ3n) is 7.21. The first-order valence-corrected chi connectivity index (χ1v) is 14.0. The van der Waals surface area contributed by atoms with Crippen LogP contribution in [0, 0.1) is 11.8 Å². The molecule has 1 rings (SSSR count). The Morgan fingerprint density at radius 1 is 0.567 bits per heavy atom. The second-order valence-electron chi connectivity index (χ2n) is 10.2. The molecule has 0 heterocycles. The average Bonchev–Trinajstić information content (AvgIpc) is 3.48. The summed E-state index contributed by atoms with van der Waals surface area (Å²) in [5, 5.41) is 8.60. The third kappa shape index (κ3) is 18.3. The molecule has 0 spiro atoms. The van der Waals surface area contributed by atoms with Crippen LogP contribution in [0.2, 0.25) is 0 Å². The van der Waals surface area contributed by atoms with Gasteiger partial charge >= 0.3 is 5.97 Å². The quantitative estimate of drug-likeness (QED) is 0.157. The van der Waals surface area contributed by atoms with E-state index >= 15 is 0 Å². The van der Waals surface area contributed by atoms with Crippen LogP contribution in [0.1, 0.15) is 161 Å². The van der Waals surface area contributed by atoms with Crippen LogP contribution in [0.25, 0.3) is 0 Å². The third-order valence-corrected chi connectivity index (χ3v) is 7.21. The molecular weight excluding hydrogens is 368 g/mol. The molecule has 2 heteroatoms. The summed E-state index contributed by atoms with van der Waals surface area (Å²) in [4.78, 5) is 10.4. The van der Waals surface area contributed by atoms with Gasteiger partial charge in [0.2, 0.25) is 0 Å². The van der Waals surface area contributed by atoms with Crippen LogP contribution in [0.5, 0.6) is 0 Å². The van der Waals surface area contributed by atoms with Gasteiger partial charge in [0, 0.05) is 6.42 Å². The molecule has 1 aliphatic carbocycles. The molecule has 2 nitrogen and oxygen atoms in total. The molecule has 0 aromatic carbocycles. The molecule has 0 amide bonds. The fourth-order valence-corrected chi connectivity index (χ4v) is 5.01. The van der Waals surface area contributed by atoms with Gasteiger partial charge in [-0.1, -0.05) is 142 Å². The Morgan fingerprint density at radius 2 is 0.900 bits per heavy atom. The highest BCUT2D eigenvalue weighted by Crippen LogP contribution is 2.45. The fraction of sp³-hybridized carbons (Fsp3) is 0.964. The lowest BCUT2D eigenvalue weighted by molar-refractivity contribution is -0.137. The monoisotopic (exact) mass is 422 g/mol. The second kappa shape index (κ2) is 20.4. The Hall–Kier alpha value is -0.530. The largest absolute Gasteiger partial charge is 0.481 e. The van der Waals surface area contributed by atoms with E-state index in [1.54, 1.807) is 6.42 Å². The predicted molar refractivity (Wildman–Crippen MR) is 131 cm³/mol. The van der Waals surface area contributed by atoms with E-state index in [2.05, 4.69) is 6.92 Å². The van der Waals surface area contributed by atoms with Crippen LogP contribution in [0.15, 0.2) is 0 Å². The summed E-state index contributed by atoms with van der Waals surface area (Å²) in [5.74, 6) is 1.58. The van der Waals surface area contributed by atoms with Crippen molar-refractivity contribution >= 4 is 5.97 Å². The van der Waals surface area contributed by atoms with Gasteiger partial charge in [0.25, 0.3) is 0 Å². The lowest BCUT2D eigenvalue weighted by Gasteiger charge is -2.04. The maximum atomic E-state index is 10.4. The van der Waals surface area contributed by atoms with E-state index in [4.69, 9.17) is 5.11 Å². The molecule has 0 aromatic heterocycles. The van der Waals surface area contributed by atoms with E-state index in [0.29, 0.717) is 6.42 Å². The van der Waals surface area contributed by atoms with Crippen LogP contribution < -0.4 is 0 Å².